The molecule has 1 aromatic carbocycles. The van der Waals surface area contributed by atoms with Crippen molar-refractivity contribution in [1.82, 2.24) is 14.8 Å². The van der Waals surface area contributed by atoms with Crippen LogP contribution in [0.4, 0.5) is 0 Å². The minimum Gasteiger partial charge on any atom is -0.270 e. The summed E-state index contributed by atoms with van der Waals surface area (Å²) < 4.78 is 2.42. The van der Waals surface area contributed by atoms with Crippen LogP contribution >= 0.6 is 27.7 Å². The van der Waals surface area contributed by atoms with Crippen LogP contribution in [-0.4, -0.2) is 14.8 Å². The smallest absolute Gasteiger partial charge is 0.270 e. The molecule has 2 rings (SSSR count). The summed E-state index contributed by atoms with van der Waals surface area (Å²) in [4.78, 5) is 12.5. The fourth-order valence-electron chi connectivity index (χ4n) is 1.55. The van der Waals surface area contributed by atoms with E-state index < -0.39 is 0 Å². The fourth-order valence-corrected chi connectivity index (χ4v) is 3.04. The van der Waals surface area contributed by atoms with E-state index in [1.807, 2.05) is 13.0 Å². The molecule has 1 heterocycles. The molecule has 0 fully saturated rings. The zero-order valence-electron chi connectivity index (χ0n) is 10.2. The summed E-state index contributed by atoms with van der Waals surface area (Å²) in [5, 5.41) is 15.9. The first-order valence-electron chi connectivity index (χ1n) is 5.68. The zero-order valence-corrected chi connectivity index (χ0v) is 12.6. The van der Waals surface area contributed by atoms with E-state index in [-0.39, 0.29) is 5.69 Å². The molecule has 1 N–H and O–H groups in total. The number of hydrogen-bond donors (Lipinski definition) is 1. The van der Waals surface area contributed by atoms with Gasteiger partial charge in [-0.25, -0.2) is 9.89 Å². The molecule has 7 heteroatoms. The summed E-state index contributed by atoms with van der Waals surface area (Å²) in [6.07, 6.45) is 0.863. The van der Waals surface area contributed by atoms with Gasteiger partial charge in [-0.3, -0.25) is 4.57 Å². The second-order valence-corrected chi connectivity index (χ2v) is 5.69. The van der Waals surface area contributed by atoms with E-state index in [0.717, 1.165) is 15.8 Å². The maximum absolute atomic E-state index is 11.6. The van der Waals surface area contributed by atoms with Gasteiger partial charge in [-0.15, -0.1) is 5.10 Å². The fraction of sp³-hybridized carbons (Fsp3) is 0.250. The van der Waals surface area contributed by atoms with Crippen LogP contribution < -0.4 is 5.69 Å². The second-order valence-electron chi connectivity index (χ2n) is 3.82. The Morgan fingerprint density at radius 2 is 2.37 bits per heavy atom. The first-order chi connectivity index (χ1) is 9.15. The lowest BCUT2D eigenvalue weighted by Crippen LogP contribution is -2.17. The van der Waals surface area contributed by atoms with Crippen LogP contribution in [0.15, 0.2) is 37.5 Å². The highest BCUT2D eigenvalue weighted by Gasteiger charge is 2.11. The van der Waals surface area contributed by atoms with Gasteiger partial charge in [0.15, 0.2) is 5.16 Å². The largest absolute Gasteiger partial charge is 0.343 e. The highest BCUT2D eigenvalue weighted by atomic mass is 79.9. The van der Waals surface area contributed by atoms with Gasteiger partial charge in [0.2, 0.25) is 0 Å². The average Bonchev–Trinajstić information content (AvgIpc) is 2.74. The number of aromatic amines is 1. The summed E-state index contributed by atoms with van der Waals surface area (Å²) in [7, 11) is 0. The lowest BCUT2D eigenvalue weighted by atomic mass is 10.2. The lowest BCUT2D eigenvalue weighted by molar-refractivity contribution is 0.604. The number of hydrogen-bond acceptors (Lipinski definition) is 4. The molecule has 0 radical (unpaired) electrons. The molecule has 0 saturated heterocycles. The summed E-state index contributed by atoms with van der Waals surface area (Å²) in [5.41, 5.74) is 0.387. The molecule has 1 aromatic heterocycles. The molecular weight excluding hydrogens is 328 g/mol. The van der Waals surface area contributed by atoms with Crippen molar-refractivity contribution in [3.63, 3.8) is 0 Å². The van der Waals surface area contributed by atoms with E-state index >= 15 is 0 Å². The third-order valence-electron chi connectivity index (χ3n) is 2.43. The molecule has 0 aliphatic carbocycles. The van der Waals surface area contributed by atoms with E-state index in [9.17, 15) is 4.79 Å². The number of H-pyrrole nitrogens is 1. The highest BCUT2D eigenvalue weighted by Crippen LogP contribution is 2.32. The van der Waals surface area contributed by atoms with Gasteiger partial charge in [0.05, 0.1) is 11.6 Å². The minimum atomic E-state index is -0.200. The Morgan fingerprint density at radius 3 is 3.00 bits per heavy atom. The Bertz CT molecular complexity index is 686. The number of aromatic nitrogens is 3. The highest BCUT2D eigenvalue weighted by molar-refractivity contribution is 9.10. The van der Waals surface area contributed by atoms with E-state index in [1.165, 1.54) is 11.8 Å². The van der Waals surface area contributed by atoms with Crippen molar-refractivity contribution in [2.45, 2.75) is 29.9 Å². The second kappa shape index (κ2) is 6.08. The molecule has 19 heavy (non-hydrogen) atoms. The molecular formula is C12H11BrN4OS. The Labute approximate surface area is 122 Å². The summed E-state index contributed by atoms with van der Waals surface area (Å²) in [5.74, 6) is 0. The van der Waals surface area contributed by atoms with Gasteiger partial charge in [-0.05, 0) is 52.3 Å². The molecule has 98 valence electrons. The van der Waals surface area contributed by atoms with Crippen LogP contribution in [0, 0.1) is 11.3 Å². The van der Waals surface area contributed by atoms with Gasteiger partial charge in [-0.1, -0.05) is 6.92 Å². The van der Waals surface area contributed by atoms with Crippen molar-refractivity contribution >= 4 is 27.7 Å². The van der Waals surface area contributed by atoms with Gasteiger partial charge in [0, 0.05) is 15.9 Å². The normalized spacial score (nSPS) is 10.4. The molecule has 0 amide bonds. The molecule has 0 spiro atoms. The van der Waals surface area contributed by atoms with Crippen LogP contribution in [0.5, 0.6) is 0 Å². The molecule has 0 unspecified atom stereocenters. The Kier molecular flexibility index (Phi) is 4.45. The maximum atomic E-state index is 11.6. The predicted octanol–water partition coefficient (Wildman–Crippen LogP) is 2.77. The topological polar surface area (TPSA) is 74.5 Å². The van der Waals surface area contributed by atoms with Crippen LogP contribution in [0.1, 0.15) is 18.9 Å². The molecule has 0 aliphatic rings. The van der Waals surface area contributed by atoms with Crippen LogP contribution in [0.2, 0.25) is 0 Å². The first-order valence-corrected chi connectivity index (χ1v) is 7.29. The maximum Gasteiger partial charge on any atom is 0.343 e. The summed E-state index contributed by atoms with van der Waals surface area (Å²) >= 11 is 4.80. The molecule has 0 bridgehead atoms. The first kappa shape index (κ1) is 13.9. The van der Waals surface area contributed by atoms with E-state index in [4.69, 9.17) is 5.26 Å². The van der Waals surface area contributed by atoms with Crippen LogP contribution in [0.3, 0.4) is 0 Å². The summed E-state index contributed by atoms with van der Waals surface area (Å²) in [6.45, 7) is 2.64. The SMILES string of the molecule is CCCn1c(Sc2ccc(C#N)cc2Br)n[nH]c1=O. The van der Waals surface area contributed by atoms with Gasteiger partial charge in [-0.2, -0.15) is 5.26 Å². The number of rotatable bonds is 4. The van der Waals surface area contributed by atoms with Crippen molar-refractivity contribution in [1.29, 1.82) is 5.26 Å². The number of nitriles is 1. The zero-order chi connectivity index (χ0) is 13.8. The standard InChI is InChI=1S/C12H11BrN4OS/c1-2-5-17-11(18)15-16-12(17)19-10-4-3-8(7-14)6-9(10)13/h3-4,6H,2,5H2,1H3,(H,15,18). The van der Waals surface area contributed by atoms with E-state index in [1.54, 1.807) is 16.7 Å². The van der Waals surface area contributed by atoms with Crippen molar-refractivity contribution in [3.05, 3.63) is 38.7 Å². The number of halogens is 1. The third kappa shape index (κ3) is 3.08. The molecule has 0 aliphatic heterocycles. The molecule has 5 nitrogen and oxygen atoms in total. The lowest BCUT2D eigenvalue weighted by Gasteiger charge is -2.05. The molecule has 0 atom stereocenters. The Hall–Kier alpha value is -1.52. The van der Waals surface area contributed by atoms with Gasteiger partial charge in [0.25, 0.3) is 0 Å². The monoisotopic (exact) mass is 338 g/mol. The molecule has 2 aromatic rings. The Morgan fingerprint density at radius 1 is 1.58 bits per heavy atom. The average molecular weight is 339 g/mol. The number of benzene rings is 1. The number of nitrogens with one attached hydrogen (secondary N) is 1. The van der Waals surface area contributed by atoms with Crippen LogP contribution in [0.25, 0.3) is 0 Å². The number of nitrogens with zero attached hydrogens (tertiary/aromatic N) is 3. The van der Waals surface area contributed by atoms with Crippen molar-refractivity contribution < 1.29 is 0 Å². The quantitative estimate of drug-likeness (QED) is 0.929. The Balaban J connectivity index is 2.32. The van der Waals surface area contributed by atoms with Gasteiger partial charge < -0.3 is 0 Å². The van der Waals surface area contributed by atoms with Crippen molar-refractivity contribution in [2.75, 3.05) is 0 Å². The predicted molar refractivity (Wildman–Crippen MR) is 76.1 cm³/mol. The molecule has 0 saturated carbocycles. The van der Waals surface area contributed by atoms with E-state index in [2.05, 4.69) is 32.2 Å². The van der Waals surface area contributed by atoms with Gasteiger partial charge >= 0.3 is 5.69 Å². The van der Waals surface area contributed by atoms with E-state index in [0.29, 0.717) is 17.3 Å². The van der Waals surface area contributed by atoms with Crippen molar-refractivity contribution in [3.8, 4) is 6.07 Å². The minimum absolute atomic E-state index is 0.200. The van der Waals surface area contributed by atoms with Crippen LogP contribution in [-0.2, 0) is 6.54 Å². The third-order valence-corrected chi connectivity index (χ3v) is 4.42. The van der Waals surface area contributed by atoms with Crippen molar-refractivity contribution in [2.24, 2.45) is 0 Å². The van der Waals surface area contributed by atoms with Gasteiger partial charge in [0.1, 0.15) is 0 Å². The summed E-state index contributed by atoms with van der Waals surface area (Å²) in [6, 6.07) is 7.40.